The Morgan fingerprint density at radius 2 is 2.03 bits per heavy atom. The highest BCUT2D eigenvalue weighted by Gasteiger charge is 2.30. The van der Waals surface area contributed by atoms with Gasteiger partial charge >= 0.3 is 0 Å². The van der Waals surface area contributed by atoms with E-state index in [1.807, 2.05) is 30.0 Å². The van der Waals surface area contributed by atoms with Crippen LogP contribution in [0.2, 0.25) is 0 Å². The second-order valence-electron chi connectivity index (χ2n) is 9.01. The molecular weight excluding hydrogens is 388 g/mol. The zero-order valence-electron chi connectivity index (χ0n) is 18.1. The summed E-state index contributed by atoms with van der Waals surface area (Å²) in [6.07, 6.45) is 6.71. The van der Waals surface area contributed by atoms with E-state index in [0.29, 0.717) is 24.3 Å². The molecule has 0 bridgehead atoms. The van der Waals surface area contributed by atoms with Crippen LogP contribution >= 0.6 is 0 Å². The number of aromatic nitrogens is 4. The minimum absolute atomic E-state index is 0.299. The van der Waals surface area contributed by atoms with E-state index in [9.17, 15) is 4.79 Å². The maximum absolute atomic E-state index is 12.7. The van der Waals surface area contributed by atoms with Gasteiger partial charge in [-0.2, -0.15) is 5.10 Å². The van der Waals surface area contributed by atoms with Crippen LogP contribution in [-0.4, -0.2) is 44.1 Å². The van der Waals surface area contributed by atoms with Crippen LogP contribution < -0.4 is 5.32 Å². The Balaban J connectivity index is 1.23. The van der Waals surface area contributed by atoms with E-state index in [1.54, 1.807) is 0 Å². The van der Waals surface area contributed by atoms with E-state index in [2.05, 4.69) is 32.6 Å². The minimum Gasteiger partial charge on any atom is -0.362 e. The van der Waals surface area contributed by atoms with Crippen molar-refractivity contribution >= 4 is 22.8 Å². The summed E-state index contributed by atoms with van der Waals surface area (Å²) in [5.74, 6) is 2.02. The highest BCUT2D eigenvalue weighted by Crippen LogP contribution is 2.32. The number of hydrogen-bond donors (Lipinski definition) is 2. The number of hydrogen-bond acceptors (Lipinski definition) is 5. The molecule has 31 heavy (non-hydrogen) atoms. The Hall–Kier alpha value is -2.96. The van der Waals surface area contributed by atoms with Crippen molar-refractivity contribution in [3.8, 4) is 0 Å². The molecule has 0 spiro atoms. The first-order valence-corrected chi connectivity index (χ1v) is 11.4. The van der Waals surface area contributed by atoms with Crippen molar-refractivity contribution in [1.29, 1.82) is 0 Å². The Morgan fingerprint density at radius 3 is 2.87 bits per heavy atom. The Labute approximate surface area is 182 Å². The van der Waals surface area contributed by atoms with Crippen LogP contribution in [0.25, 0.3) is 11.0 Å². The van der Waals surface area contributed by atoms with Gasteiger partial charge in [0.05, 0.1) is 17.6 Å². The second kappa shape index (κ2) is 8.65. The second-order valence-corrected chi connectivity index (χ2v) is 9.01. The highest BCUT2D eigenvalue weighted by molar-refractivity contribution is 5.87. The molecule has 162 valence electrons. The quantitative estimate of drug-likeness (QED) is 0.627. The zero-order chi connectivity index (χ0) is 21.2. The van der Waals surface area contributed by atoms with Gasteiger partial charge in [0.2, 0.25) is 5.91 Å². The Bertz CT molecular complexity index is 1070. The lowest BCUT2D eigenvalue weighted by atomic mass is 10.0. The molecule has 1 amide bonds. The number of fused-ring (bicyclic) bond motifs is 1. The van der Waals surface area contributed by atoms with E-state index in [4.69, 9.17) is 4.98 Å². The van der Waals surface area contributed by atoms with Crippen molar-refractivity contribution in [2.75, 3.05) is 18.4 Å². The van der Waals surface area contributed by atoms with Crippen molar-refractivity contribution < 1.29 is 4.79 Å². The average molecular weight is 419 g/mol. The van der Waals surface area contributed by atoms with Crippen LogP contribution in [0.4, 0.5) is 5.82 Å². The van der Waals surface area contributed by atoms with Crippen LogP contribution in [0.15, 0.2) is 30.3 Å². The minimum atomic E-state index is 0.299. The molecule has 0 radical (unpaired) electrons. The lowest BCUT2D eigenvalue weighted by Gasteiger charge is -2.18. The lowest BCUT2D eigenvalue weighted by Crippen LogP contribution is -2.29. The molecule has 2 fully saturated rings. The summed E-state index contributed by atoms with van der Waals surface area (Å²) < 4.78 is 0. The van der Waals surface area contributed by atoms with Crippen LogP contribution in [0.3, 0.4) is 0 Å². The summed E-state index contributed by atoms with van der Waals surface area (Å²) in [5, 5.41) is 11.8. The van der Waals surface area contributed by atoms with Crippen LogP contribution in [0.5, 0.6) is 0 Å². The van der Waals surface area contributed by atoms with Crippen LogP contribution in [0, 0.1) is 12.8 Å². The first kappa shape index (κ1) is 20.0. The molecule has 2 N–H and O–H groups in total. The van der Waals surface area contributed by atoms with E-state index in [1.165, 1.54) is 25.7 Å². The average Bonchev–Trinajstić information content (AvgIpc) is 3.53. The number of anilines is 1. The number of aryl methyl sites for hydroxylation is 1. The van der Waals surface area contributed by atoms with Crippen molar-refractivity contribution in [2.24, 2.45) is 5.92 Å². The Morgan fingerprint density at radius 1 is 1.16 bits per heavy atom. The third kappa shape index (κ3) is 4.40. The van der Waals surface area contributed by atoms with E-state index >= 15 is 0 Å². The molecular formula is C24H30N6O. The molecule has 0 aromatic carbocycles. The third-order valence-corrected chi connectivity index (χ3v) is 6.73. The molecule has 2 aliphatic rings. The fourth-order valence-electron chi connectivity index (χ4n) is 4.97. The predicted octanol–water partition coefficient (Wildman–Crippen LogP) is 4.17. The van der Waals surface area contributed by atoms with Gasteiger partial charge in [-0.3, -0.25) is 14.9 Å². The van der Waals surface area contributed by atoms with Gasteiger partial charge in [0, 0.05) is 36.8 Å². The van der Waals surface area contributed by atoms with Gasteiger partial charge < -0.3 is 10.2 Å². The lowest BCUT2D eigenvalue weighted by molar-refractivity contribution is -0.131. The fraction of sp³-hybridized carbons (Fsp3) is 0.500. The molecule has 3 aromatic rings. The summed E-state index contributed by atoms with van der Waals surface area (Å²) in [4.78, 5) is 24.1. The monoisotopic (exact) mass is 418 g/mol. The number of pyridine rings is 2. The van der Waals surface area contributed by atoms with Gasteiger partial charge in [0.15, 0.2) is 11.5 Å². The summed E-state index contributed by atoms with van der Waals surface area (Å²) in [6, 6.07) is 10.2. The van der Waals surface area contributed by atoms with Crippen LogP contribution in [-0.2, 0) is 11.3 Å². The maximum Gasteiger partial charge on any atom is 0.222 e. The molecule has 1 aliphatic heterocycles. The van der Waals surface area contributed by atoms with Gasteiger partial charge in [0.25, 0.3) is 0 Å². The fourth-order valence-corrected chi connectivity index (χ4v) is 4.97. The molecule has 3 aromatic heterocycles. The SMILES string of the molecule is Cc1cccc(CNc2n[nH]c3nc([C@@H]4CCN(C(=O)CC5CCCC5)C4)ccc23)n1. The normalized spacial score (nSPS) is 19.4. The number of likely N-dealkylation sites (tertiary alicyclic amines) is 1. The molecule has 4 heterocycles. The van der Waals surface area contributed by atoms with Gasteiger partial charge in [-0.15, -0.1) is 0 Å². The summed E-state index contributed by atoms with van der Waals surface area (Å²) >= 11 is 0. The first-order valence-electron chi connectivity index (χ1n) is 11.4. The molecule has 0 unspecified atom stereocenters. The number of aromatic amines is 1. The number of carbonyl (C=O) groups excluding carboxylic acids is 1. The van der Waals surface area contributed by atoms with Gasteiger partial charge in [0.1, 0.15) is 0 Å². The molecule has 1 saturated carbocycles. The Kier molecular flexibility index (Phi) is 5.57. The summed E-state index contributed by atoms with van der Waals surface area (Å²) in [7, 11) is 0. The van der Waals surface area contributed by atoms with E-state index in [0.717, 1.165) is 59.9 Å². The van der Waals surface area contributed by atoms with Gasteiger partial charge in [-0.05, 0) is 56.4 Å². The van der Waals surface area contributed by atoms with Crippen molar-refractivity contribution in [3.63, 3.8) is 0 Å². The number of H-pyrrole nitrogens is 1. The molecule has 7 heteroatoms. The number of carbonyl (C=O) groups is 1. The van der Waals surface area contributed by atoms with Gasteiger partial charge in [-0.1, -0.05) is 18.9 Å². The maximum atomic E-state index is 12.7. The largest absolute Gasteiger partial charge is 0.362 e. The van der Waals surface area contributed by atoms with E-state index < -0.39 is 0 Å². The first-order chi connectivity index (χ1) is 15.2. The standard InChI is InChI=1S/C24H30N6O/c1-16-5-4-8-19(26-16)14-25-23-20-9-10-21(27-24(20)29-28-23)18-11-12-30(15-18)22(31)13-17-6-2-3-7-17/h4-5,8-10,17-18H,2-3,6-7,11-15H2,1H3,(H2,25,27,28,29)/t18-/m1/s1. The highest BCUT2D eigenvalue weighted by atomic mass is 16.2. The molecule has 1 saturated heterocycles. The molecule has 7 nitrogen and oxygen atoms in total. The van der Waals surface area contributed by atoms with Gasteiger partial charge in [-0.25, -0.2) is 4.98 Å². The zero-order valence-corrected chi connectivity index (χ0v) is 18.1. The van der Waals surface area contributed by atoms with Crippen molar-refractivity contribution in [2.45, 2.75) is 57.9 Å². The molecule has 5 rings (SSSR count). The number of rotatable bonds is 6. The number of amides is 1. The smallest absolute Gasteiger partial charge is 0.222 e. The van der Waals surface area contributed by atoms with Crippen LogP contribution in [0.1, 0.15) is 61.5 Å². The molecule has 1 atom stereocenters. The topological polar surface area (TPSA) is 86.8 Å². The number of nitrogens with zero attached hydrogens (tertiary/aromatic N) is 4. The van der Waals surface area contributed by atoms with Crippen molar-refractivity contribution in [1.82, 2.24) is 25.1 Å². The number of nitrogens with one attached hydrogen (secondary N) is 2. The van der Waals surface area contributed by atoms with Crippen molar-refractivity contribution in [3.05, 3.63) is 47.4 Å². The predicted molar refractivity (Wildman–Crippen MR) is 121 cm³/mol. The van der Waals surface area contributed by atoms with E-state index in [-0.39, 0.29) is 0 Å². The summed E-state index contributed by atoms with van der Waals surface area (Å²) in [6.45, 7) is 4.23. The third-order valence-electron chi connectivity index (χ3n) is 6.73. The summed E-state index contributed by atoms with van der Waals surface area (Å²) in [5.41, 5.74) is 3.81. The molecule has 1 aliphatic carbocycles.